The number of amides is 1. The summed E-state index contributed by atoms with van der Waals surface area (Å²) in [7, 11) is 1.98. The monoisotopic (exact) mass is 286 g/mol. The summed E-state index contributed by atoms with van der Waals surface area (Å²) in [6, 6.07) is 6.54. The second-order valence-electron chi connectivity index (χ2n) is 6.71. The molecule has 0 bridgehead atoms. The molecule has 1 aliphatic carbocycles. The third-order valence-electron chi connectivity index (χ3n) is 5.08. The lowest BCUT2D eigenvalue weighted by Gasteiger charge is -2.35. The Kier molecular flexibility index (Phi) is 4.18. The van der Waals surface area contributed by atoms with Crippen LogP contribution in [0.25, 0.3) is 0 Å². The second kappa shape index (κ2) is 6.08. The van der Waals surface area contributed by atoms with Crippen molar-refractivity contribution in [2.24, 2.45) is 5.92 Å². The predicted octanol–water partition coefficient (Wildman–Crippen LogP) is 3.70. The molecule has 114 valence electrons. The van der Waals surface area contributed by atoms with Crippen LogP contribution in [0.15, 0.2) is 18.2 Å². The van der Waals surface area contributed by atoms with Gasteiger partial charge in [-0.2, -0.15) is 0 Å². The van der Waals surface area contributed by atoms with Crippen LogP contribution in [-0.2, 0) is 6.42 Å². The molecule has 1 saturated carbocycles. The minimum atomic E-state index is 0.181. The molecule has 0 aromatic heterocycles. The number of anilines is 1. The van der Waals surface area contributed by atoms with Gasteiger partial charge < -0.3 is 10.2 Å². The normalized spacial score (nSPS) is 24.9. The van der Waals surface area contributed by atoms with Crippen molar-refractivity contribution < 1.29 is 4.79 Å². The van der Waals surface area contributed by atoms with Gasteiger partial charge in [0.2, 0.25) is 0 Å². The summed E-state index contributed by atoms with van der Waals surface area (Å²) < 4.78 is 0. The molecule has 3 rings (SSSR count). The number of carbonyl (C=O) groups excluding carboxylic acids is 1. The smallest absolute Gasteiger partial charge is 0.255 e. The first-order valence-electron chi connectivity index (χ1n) is 8.29. The summed E-state index contributed by atoms with van der Waals surface area (Å²) in [6.45, 7) is 3.28. The molecule has 1 N–H and O–H groups in total. The molecule has 3 nitrogen and oxygen atoms in total. The van der Waals surface area contributed by atoms with E-state index in [2.05, 4.69) is 18.3 Å². The average Bonchev–Trinajstić information content (AvgIpc) is 2.53. The quantitative estimate of drug-likeness (QED) is 0.899. The van der Waals surface area contributed by atoms with E-state index in [1.54, 1.807) is 0 Å². The van der Waals surface area contributed by atoms with Crippen molar-refractivity contribution in [2.75, 3.05) is 18.9 Å². The Hall–Kier alpha value is -1.51. The first-order chi connectivity index (χ1) is 10.2. The molecule has 3 heteroatoms. The van der Waals surface area contributed by atoms with Crippen molar-refractivity contribution in [1.82, 2.24) is 4.90 Å². The number of hydrogen-bond donors (Lipinski definition) is 1. The summed E-state index contributed by atoms with van der Waals surface area (Å²) in [6.07, 6.45) is 7.07. The summed E-state index contributed by atoms with van der Waals surface area (Å²) in [5.74, 6) is 0.919. The molecule has 1 heterocycles. The minimum Gasteiger partial charge on any atom is -0.384 e. The summed E-state index contributed by atoms with van der Waals surface area (Å²) >= 11 is 0. The van der Waals surface area contributed by atoms with Crippen LogP contribution in [0.1, 0.15) is 54.9 Å². The lowest BCUT2D eigenvalue weighted by Crippen LogP contribution is -2.40. The number of hydrogen-bond acceptors (Lipinski definition) is 2. The maximum atomic E-state index is 12.9. The second-order valence-corrected chi connectivity index (χ2v) is 6.71. The summed E-state index contributed by atoms with van der Waals surface area (Å²) in [5, 5.41) is 3.43. The molecule has 1 amide bonds. The molecule has 1 aromatic rings. The number of fused-ring (bicyclic) bond motifs is 1. The van der Waals surface area contributed by atoms with Crippen LogP contribution in [0.2, 0.25) is 0 Å². The van der Waals surface area contributed by atoms with Crippen molar-refractivity contribution in [1.29, 1.82) is 0 Å². The molecule has 2 aliphatic rings. The molecule has 21 heavy (non-hydrogen) atoms. The number of aryl methyl sites for hydroxylation is 1. The van der Waals surface area contributed by atoms with Crippen molar-refractivity contribution in [3.8, 4) is 0 Å². The Balaban J connectivity index is 1.81. The van der Waals surface area contributed by atoms with E-state index >= 15 is 0 Å². The van der Waals surface area contributed by atoms with E-state index in [0.717, 1.165) is 49.4 Å². The SMILES string of the molecule is CC1CCCC(N(C)C(=O)c2cccc3c2NCCC3)C1. The number of rotatable bonds is 2. The number of benzene rings is 1. The predicted molar refractivity (Wildman–Crippen MR) is 86.8 cm³/mol. The number of carbonyl (C=O) groups is 1. The van der Waals surface area contributed by atoms with E-state index in [-0.39, 0.29) is 5.91 Å². The minimum absolute atomic E-state index is 0.181. The molecule has 0 radical (unpaired) electrons. The van der Waals surface area contributed by atoms with Gasteiger partial charge in [0, 0.05) is 19.6 Å². The Morgan fingerprint density at radius 1 is 1.29 bits per heavy atom. The van der Waals surface area contributed by atoms with E-state index in [0.29, 0.717) is 6.04 Å². The fourth-order valence-electron chi connectivity index (χ4n) is 3.80. The zero-order valence-corrected chi connectivity index (χ0v) is 13.2. The van der Waals surface area contributed by atoms with Crippen molar-refractivity contribution in [2.45, 2.75) is 51.5 Å². The first kappa shape index (κ1) is 14.4. The van der Waals surface area contributed by atoms with E-state index < -0.39 is 0 Å². The molecule has 1 fully saturated rings. The molecular weight excluding hydrogens is 260 g/mol. The zero-order chi connectivity index (χ0) is 14.8. The molecule has 1 aromatic carbocycles. The zero-order valence-electron chi connectivity index (χ0n) is 13.2. The third kappa shape index (κ3) is 2.92. The number of nitrogens with zero attached hydrogens (tertiary/aromatic N) is 1. The molecule has 2 atom stereocenters. The average molecular weight is 286 g/mol. The highest BCUT2D eigenvalue weighted by atomic mass is 16.2. The molecular formula is C18H26N2O. The van der Waals surface area contributed by atoms with E-state index in [1.165, 1.54) is 18.4 Å². The van der Waals surface area contributed by atoms with Gasteiger partial charge in [-0.1, -0.05) is 31.9 Å². The van der Waals surface area contributed by atoms with Gasteiger partial charge in [-0.15, -0.1) is 0 Å². The Morgan fingerprint density at radius 2 is 2.14 bits per heavy atom. The number of nitrogens with one attached hydrogen (secondary N) is 1. The van der Waals surface area contributed by atoms with Gasteiger partial charge in [-0.05, 0) is 43.2 Å². The van der Waals surface area contributed by atoms with Gasteiger partial charge in [-0.3, -0.25) is 4.79 Å². The van der Waals surface area contributed by atoms with Crippen molar-refractivity contribution >= 4 is 11.6 Å². The molecule has 1 aliphatic heterocycles. The lowest BCUT2D eigenvalue weighted by atomic mass is 9.86. The lowest BCUT2D eigenvalue weighted by molar-refractivity contribution is 0.0673. The van der Waals surface area contributed by atoms with Gasteiger partial charge >= 0.3 is 0 Å². The van der Waals surface area contributed by atoms with Crippen LogP contribution in [0, 0.1) is 5.92 Å². The van der Waals surface area contributed by atoms with Crippen LogP contribution < -0.4 is 5.32 Å². The van der Waals surface area contributed by atoms with E-state index in [4.69, 9.17) is 0 Å². The maximum Gasteiger partial charge on any atom is 0.255 e. The fraction of sp³-hybridized carbons (Fsp3) is 0.611. The van der Waals surface area contributed by atoms with Crippen molar-refractivity contribution in [3.05, 3.63) is 29.3 Å². The summed E-state index contributed by atoms with van der Waals surface area (Å²) in [4.78, 5) is 14.9. The van der Waals surface area contributed by atoms with Crippen LogP contribution in [0.5, 0.6) is 0 Å². The maximum absolute atomic E-state index is 12.9. The Morgan fingerprint density at radius 3 is 2.95 bits per heavy atom. The van der Waals surface area contributed by atoms with Crippen LogP contribution in [0.3, 0.4) is 0 Å². The standard InChI is InChI=1S/C18H26N2O/c1-13-6-3-9-15(12-13)20(2)18(21)16-10-4-7-14-8-5-11-19-17(14)16/h4,7,10,13,15,19H,3,5-6,8-9,11-12H2,1-2H3. The summed E-state index contributed by atoms with van der Waals surface area (Å²) in [5.41, 5.74) is 3.22. The van der Waals surface area contributed by atoms with Gasteiger partial charge in [-0.25, -0.2) is 0 Å². The molecule has 0 saturated heterocycles. The van der Waals surface area contributed by atoms with E-state index in [1.807, 2.05) is 24.1 Å². The molecule has 0 spiro atoms. The van der Waals surface area contributed by atoms with E-state index in [9.17, 15) is 4.79 Å². The van der Waals surface area contributed by atoms with Gasteiger partial charge in [0.25, 0.3) is 5.91 Å². The van der Waals surface area contributed by atoms with Crippen LogP contribution in [0.4, 0.5) is 5.69 Å². The number of para-hydroxylation sites is 1. The highest BCUT2D eigenvalue weighted by molar-refractivity contribution is 6.00. The van der Waals surface area contributed by atoms with Crippen molar-refractivity contribution in [3.63, 3.8) is 0 Å². The largest absolute Gasteiger partial charge is 0.384 e. The molecule has 2 unspecified atom stereocenters. The van der Waals surface area contributed by atoms with Gasteiger partial charge in [0.15, 0.2) is 0 Å². The fourth-order valence-corrected chi connectivity index (χ4v) is 3.80. The van der Waals surface area contributed by atoms with Crippen LogP contribution >= 0.6 is 0 Å². The third-order valence-corrected chi connectivity index (χ3v) is 5.08. The highest BCUT2D eigenvalue weighted by Gasteiger charge is 2.28. The Labute approximate surface area is 127 Å². The van der Waals surface area contributed by atoms with Gasteiger partial charge in [0.1, 0.15) is 0 Å². The topological polar surface area (TPSA) is 32.3 Å². The first-order valence-corrected chi connectivity index (χ1v) is 8.29. The van der Waals surface area contributed by atoms with Crippen LogP contribution in [-0.4, -0.2) is 30.4 Å². The highest BCUT2D eigenvalue weighted by Crippen LogP contribution is 2.30. The Bertz CT molecular complexity index is 526. The van der Waals surface area contributed by atoms with Gasteiger partial charge in [0.05, 0.1) is 11.3 Å².